The first-order valence-corrected chi connectivity index (χ1v) is 10.2. The van der Waals surface area contributed by atoms with Crippen LogP contribution in [0.2, 0.25) is 0 Å². The van der Waals surface area contributed by atoms with Gasteiger partial charge in [-0.05, 0) is 57.2 Å². The SMILES string of the molecule is c1csc(Cn2nnnc2Sc2ccc3nnc(-c4ccsc4)n3n2)c1. The number of tetrazole rings is 1. The quantitative estimate of drug-likeness (QED) is 0.449. The van der Waals surface area contributed by atoms with Crippen molar-refractivity contribution in [2.24, 2.45) is 0 Å². The number of nitrogens with zero attached hydrogens (tertiary/aromatic N) is 8. The van der Waals surface area contributed by atoms with Crippen LogP contribution in [0.25, 0.3) is 17.0 Å². The lowest BCUT2D eigenvalue weighted by Gasteiger charge is -2.03. The summed E-state index contributed by atoms with van der Waals surface area (Å²) in [6.07, 6.45) is 0. The van der Waals surface area contributed by atoms with Crippen molar-refractivity contribution in [3.05, 3.63) is 51.3 Å². The molecule has 0 aromatic carbocycles. The fourth-order valence-corrected chi connectivity index (χ4v) is 4.46. The molecule has 5 aromatic heterocycles. The Kier molecular flexibility index (Phi) is 3.96. The van der Waals surface area contributed by atoms with Gasteiger partial charge in [-0.2, -0.15) is 21.0 Å². The first-order valence-electron chi connectivity index (χ1n) is 7.58. The minimum atomic E-state index is 0.641. The Hall–Kier alpha value is -2.63. The van der Waals surface area contributed by atoms with Crippen molar-refractivity contribution in [2.75, 3.05) is 0 Å². The zero-order valence-electron chi connectivity index (χ0n) is 13.1. The Labute approximate surface area is 159 Å². The summed E-state index contributed by atoms with van der Waals surface area (Å²) in [5, 5.41) is 32.6. The lowest BCUT2D eigenvalue weighted by molar-refractivity contribution is 0.608. The molecule has 0 saturated heterocycles. The Balaban J connectivity index is 1.47. The molecule has 0 bridgehead atoms. The Morgan fingerprint density at radius 3 is 2.88 bits per heavy atom. The van der Waals surface area contributed by atoms with E-state index >= 15 is 0 Å². The van der Waals surface area contributed by atoms with Gasteiger partial charge in [-0.1, -0.05) is 6.07 Å². The van der Waals surface area contributed by atoms with Crippen LogP contribution < -0.4 is 0 Å². The van der Waals surface area contributed by atoms with Gasteiger partial charge in [-0.15, -0.1) is 26.6 Å². The normalized spacial score (nSPS) is 11.4. The van der Waals surface area contributed by atoms with E-state index in [4.69, 9.17) is 0 Å². The standard InChI is InChI=1S/C15H10N8S3/c1-2-11(25-6-1)8-22-15(18-20-21-22)26-13-4-3-12-16-17-14(23(12)19-13)10-5-7-24-9-10/h1-7,9H,8H2. The highest BCUT2D eigenvalue weighted by atomic mass is 32.2. The summed E-state index contributed by atoms with van der Waals surface area (Å²) in [7, 11) is 0. The van der Waals surface area contributed by atoms with Crippen molar-refractivity contribution >= 4 is 40.1 Å². The fourth-order valence-electron chi connectivity index (χ4n) is 2.41. The topological polar surface area (TPSA) is 86.7 Å². The molecule has 0 spiro atoms. The van der Waals surface area contributed by atoms with Crippen LogP contribution in [0.15, 0.2) is 56.7 Å². The van der Waals surface area contributed by atoms with Crippen LogP contribution >= 0.6 is 34.4 Å². The third kappa shape index (κ3) is 2.89. The maximum Gasteiger partial charge on any atom is 0.216 e. The van der Waals surface area contributed by atoms with E-state index in [9.17, 15) is 0 Å². The van der Waals surface area contributed by atoms with Crippen molar-refractivity contribution in [1.82, 2.24) is 40.0 Å². The maximum atomic E-state index is 4.66. The summed E-state index contributed by atoms with van der Waals surface area (Å²) in [6, 6.07) is 9.88. The number of rotatable bonds is 5. The van der Waals surface area contributed by atoms with Gasteiger partial charge in [0.05, 0.1) is 6.54 Å². The molecule has 0 unspecified atom stereocenters. The molecule has 0 atom stereocenters. The monoisotopic (exact) mass is 398 g/mol. The molecule has 0 amide bonds. The average molecular weight is 399 g/mol. The predicted molar refractivity (Wildman–Crippen MR) is 99.5 cm³/mol. The molecule has 8 nitrogen and oxygen atoms in total. The van der Waals surface area contributed by atoms with Gasteiger partial charge >= 0.3 is 0 Å². The van der Waals surface area contributed by atoms with E-state index in [0.29, 0.717) is 17.3 Å². The van der Waals surface area contributed by atoms with Crippen LogP contribution in [0.3, 0.4) is 0 Å². The second-order valence-corrected chi connectivity index (χ2v) is 8.08. The predicted octanol–water partition coefficient (Wildman–Crippen LogP) is 3.10. The lowest BCUT2D eigenvalue weighted by atomic mass is 10.3. The fraction of sp³-hybridized carbons (Fsp3) is 0.0667. The van der Waals surface area contributed by atoms with Gasteiger partial charge in [0.25, 0.3) is 0 Å². The Bertz CT molecular complexity index is 1140. The summed E-state index contributed by atoms with van der Waals surface area (Å²) in [4.78, 5) is 1.20. The first kappa shape index (κ1) is 15.6. The summed E-state index contributed by atoms with van der Waals surface area (Å²) >= 11 is 4.71. The van der Waals surface area contributed by atoms with E-state index in [1.807, 2.05) is 40.4 Å². The molecule has 5 aromatic rings. The zero-order valence-corrected chi connectivity index (χ0v) is 15.6. The third-order valence-electron chi connectivity index (χ3n) is 3.60. The van der Waals surface area contributed by atoms with Crippen molar-refractivity contribution in [1.29, 1.82) is 0 Å². The van der Waals surface area contributed by atoms with Crippen molar-refractivity contribution < 1.29 is 0 Å². The van der Waals surface area contributed by atoms with Crippen LogP contribution in [-0.2, 0) is 6.54 Å². The van der Waals surface area contributed by atoms with Crippen LogP contribution in [0.1, 0.15) is 4.88 Å². The molecule has 11 heteroatoms. The molecule has 0 saturated carbocycles. The summed E-state index contributed by atoms with van der Waals surface area (Å²) < 4.78 is 3.52. The highest BCUT2D eigenvalue weighted by Crippen LogP contribution is 2.26. The molecule has 26 heavy (non-hydrogen) atoms. The second-order valence-electron chi connectivity index (χ2n) is 5.28. The van der Waals surface area contributed by atoms with Gasteiger partial charge in [0.2, 0.25) is 5.16 Å². The van der Waals surface area contributed by atoms with E-state index in [1.165, 1.54) is 16.6 Å². The van der Waals surface area contributed by atoms with Gasteiger partial charge in [0.1, 0.15) is 5.03 Å². The van der Waals surface area contributed by atoms with Gasteiger partial charge < -0.3 is 0 Å². The molecule has 128 valence electrons. The molecule has 0 radical (unpaired) electrons. The van der Waals surface area contributed by atoms with E-state index < -0.39 is 0 Å². The van der Waals surface area contributed by atoms with Crippen LogP contribution in [0.5, 0.6) is 0 Å². The van der Waals surface area contributed by atoms with E-state index in [2.05, 4.69) is 36.9 Å². The molecule has 0 aliphatic heterocycles. The second kappa shape index (κ2) is 6.59. The summed E-state index contributed by atoms with van der Waals surface area (Å²) in [6.45, 7) is 0.641. The van der Waals surface area contributed by atoms with E-state index in [-0.39, 0.29) is 0 Å². The third-order valence-corrected chi connectivity index (χ3v) is 6.04. The molecule has 5 rings (SSSR count). The van der Waals surface area contributed by atoms with Gasteiger partial charge in [0.15, 0.2) is 11.5 Å². The number of thiophene rings is 2. The Morgan fingerprint density at radius 2 is 2.04 bits per heavy atom. The van der Waals surface area contributed by atoms with Crippen molar-refractivity contribution in [3.63, 3.8) is 0 Å². The molecule has 5 heterocycles. The number of hydrogen-bond acceptors (Lipinski definition) is 9. The largest absolute Gasteiger partial charge is 0.216 e. The number of fused-ring (bicyclic) bond motifs is 1. The maximum absolute atomic E-state index is 4.66. The van der Waals surface area contributed by atoms with Crippen LogP contribution in [0, 0.1) is 0 Å². The zero-order chi connectivity index (χ0) is 17.3. The highest BCUT2D eigenvalue weighted by molar-refractivity contribution is 7.99. The summed E-state index contributed by atoms with van der Waals surface area (Å²) in [5.41, 5.74) is 1.70. The molecule has 0 fully saturated rings. The average Bonchev–Trinajstić information content (AvgIpc) is 3.43. The molecular weight excluding hydrogens is 388 g/mol. The van der Waals surface area contributed by atoms with Gasteiger partial charge in [-0.3, -0.25) is 0 Å². The smallest absolute Gasteiger partial charge is 0.215 e. The number of hydrogen-bond donors (Lipinski definition) is 0. The highest BCUT2D eigenvalue weighted by Gasteiger charge is 2.14. The summed E-state index contributed by atoms with van der Waals surface area (Å²) in [5.74, 6) is 0.724. The first-order chi connectivity index (χ1) is 12.9. The molecule has 0 aliphatic rings. The van der Waals surface area contributed by atoms with Crippen molar-refractivity contribution in [3.8, 4) is 11.4 Å². The van der Waals surface area contributed by atoms with Gasteiger partial charge in [0, 0.05) is 15.8 Å². The van der Waals surface area contributed by atoms with Gasteiger partial charge in [-0.25, -0.2) is 4.68 Å². The van der Waals surface area contributed by atoms with E-state index in [1.54, 1.807) is 31.9 Å². The number of aromatic nitrogens is 8. The Morgan fingerprint density at radius 1 is 1.04 bits per heavy atom. The lowest BCUT2D eigenvalue weighted by Crippen LogP contribution is -2.03. The minimum absolute atomic E-state index is 0.641. The molecule has 0 aliphatic carbocycles. The minimum Gasteiger partial charge on any atom is -0.215 e. The van der Waals surface area contributed by atoms with Crippen LogP contribution in [-0.4, -0.2) is 40.0 Å². The van der Waals surface area contributed by atoms with E-state index in [0.717, 1.165) is 16.4 Å². The molecule has 0 N–H and O–H groups in total. The van der Waals surface area contributed by atoms with Crippen LogP contribution in [0.4, 0.5) is 0 Å². The molecular formula is C15H10N8S3. The van der Waals surface area contributed by atoms with Crippen molar-refractivity contribution in [2.45, 2.75) is 16.7 Å².